The summed E-state index contributed by atoms with van der Waals surface area (Å²) in [6.07, 6.45) is 0.499. The zero-order chi connectivity index (χ0) is 10.8. The fraction of sp³-hybridized carbons (Fsp3) is 1.00. The molecule has 1 aliphatic heterocycles. The second-order valence-electron chi connectivity index (χ2n) is 4.16. The van der Waals surface area contributed by atoms with Gasteiger partial charge in [0.2, 0.25) is 0 Å². The molecule has 0 unspecified atom stereocenters. The van der Waals surface area contributed by atoms with Crippen LogP contribution >= 0.6 is 0 Å². The molecule has 1 fully saturated rings. The van der Waals surface area contributed by atoms with Crippen LogP contribution < -0.4 is 0 Å². The van der Waals surface area contributed by atoms with E-state index in [1.54, 1.807) is 13.8 Å². The van der Waals surface area contributed by atoms with Gasteiger partial charge in [-0.05, 0) is 20.3 Å². The van der Waals surface area contributed by atoms with Crippen LogP contribution in [0.2, 0.25) is 0 Å². The van der Waals surface area contributed by atoms with Crippen molar-refractivity contribution < 1.29 is 13.5 Å². The van der Waals surface area contributed by atoms with Crippen LogP contribution in [-0.2, 0) is 9.84 Å². The standard InChI is InChI=1S/C9H19NO3S/c1-8(2)14(12,13)6-5-10-4-3-9(11)7-10/h8-9,11H,3-7H2,1-2H3/t9-/m1/s1. The van der Waals surface area contributed by atoms with E-state index >= 15 is 0 Å². The Morgan fingerprint density at radius 1 is 1.50 bits per heavy atom. The molecule has 14 heavy (non-hydrogen) atoms. The molecule has 0 aliphatic carbocycles. The van der Waals surface area contributed by atoms with Crippen LogP contribution in [0.15, 0.2) is 0 Å². The van der Waals surface area contributed by atoms with Crippen molar-refractivity contribution >= 4 is 9.84 Å². The van der Waals surface area contributed by atoms with E-state index in [-0.39, 0.29) is 17.1 Å². The minimum Gasteiger partial charge on any atom is -0.392 e. The molecule has 0 radical (unpaired) electrons. The number of sulfone groups is 1. The number of hydrogen-bond acceptors (Lipinski definition) is 4. The molecule has 1 saturated heterocycles. The Morgan fingerprint density at radius 3 is 2.57 bits per heavy atom. The first-order valence-electron chi connectivity index (χ1n) is 5.04. The molecule has 0 aromatic heterocycles. The summed E-state index contributed by atoms with van der Waals surface area (Å²) in [5, 5.41) is 8.95. The molecule has 84 valence electrons. The largest absolute Gasteiger partial charge is 0.392 e. The van der Waals surface area contributed by atoms with Crippen molar-refractivity contribution in [2.45, 2.75) is 31.6 Å². The highest BCUT2D eigenvalue weighted by Gasteiger charge is 2.23. The summed E-state index contributed by atoms with van der Waals surface area (Å²) in [6, 6.07) is 0. The van der Waals surface area contributed by atoms with Gasteiger partial charge in [0.15, 0.2) is 9.84 Å². The highest BCUT2D eigenvalue weighted by atomic mass is 32.2. The number of nitrogens with zero attached hydrogens (tertiary/aromatic N) is 1. The van der Waals surface area contributed by atoms with Crippen molar-refractivity contribution in [3.63, 3.8) is 0 Å². The van der Waals surface area contributed by atoms with Gasteiger partial charge in [-0.15, -0.1) is 0 Å². The number of aliphatic hydroxyl groups excluding tert-OH is 1. The Hall–Kier alpha value is -0.130. The van der Waals surface area contributed by atoms with E-state index < -0.39 is 9.84 Å². The fourth-order valence-corrected chi connectivity index (χ4v) is 2.49. The fourth-order valence-electron chi connectivity index (χ4n) is 1.51. The van der Waals surface area contributed by atoms with E-state index in [0.717, 1.165) is 13.0 Å². The normalized spacial score (nSPS) is 24.7. The van der Waals surface area contributed by atoms with Gasteiger partial charge in [-0.1, -0.05) is 0 Å². The van der Waals surface area contributed by atoms with E-state index in [2.05, 4.69) is 0 Å². The van der Waals surface area contributed by atoms with Gasteiger partial charge < -0.3 is 5.11 Å². The first-order chi connectivity index (χ1) is 6.42. The monoisotopic (exact) mass is 221 g/mol. The third-order valence-corrected chi connectivity index (χ3v) is 4.85. The maximum absolute atomic E-state index is 11.5. The van der Waals surface area contributed by atoms with Gasteiger partial charge in [0, 0.05) is 19.6 Å². The molecular formula is C9H19NO3S. The maximum atomic E-state index is 11.5. The second kappa shape index (κ2) is 4.59. The molecule has 0 spiro atoms. The third kappa shape index (κ3) is 3.22. The molecule has 4 nitrogen and oxygen atoms in total. The van der Waals surface area contributed by atoms with Crippen molar-refractivity contribution in [3.8, 4) is 0 Å². The molecule has 1 aliphatic rings. The second-order valence-corrected chi connectivity index (χ2v) is 6.84. The summed E-state index contributed by atoms with van der Waals surface area (Å²) in [6.45, 7) is 5.39. The Morgan fingerprint density at radius 2 is 2.14 bits per heavy atom. The highest BCUT2D eigenvalue weighted by molar-refractivity contribution is 7.92. The highest BCUT2D eigenvalue weighted by Crippen LogP contribution is 2.09. The number of rotatable bonds is 4. The summed E-state index contributed by atoms with van der Waals surface area (Å²) in [5.41, 5.74) is 0. The van der Waals surface area contributed by atoms with Gasteiger partial charge in [-0.25, -0.2) is 8.42 Å². The first-order valence-corrected chi connectivity index (χ1v) is 6.75. The van der Waals surface area contributed by atoms with Crippen molar-refractivity contribution in [1.29, 1.82) is 0 Å². The average Bonchev–Trinajstić information content (AvgIpc) is 2.48. The lowest BCUT2D eigenvalue weighted by Crippen LogP contribution is -2.30. The number of aliphatic hydroxyl groups is 1. The van der Waals surface area contributed by atoms with Crippen molar-refractivity contribution in [1.82, 2.24) is 4.90 Å². The van der Waals surface area contributed by atoms with Gasteiger partial charge in [0.05, 0.1) is 17.1 Å². The van der Waals surface area contributed by atoms with Gasteiger partial charge in [0.1, 0.15) is 0 Å². The summed E-state index contributed by atoms with van der Waals surface area (Å²) in [5.74, 6) is 0.206. The van der Waals surface area contributed by atoms with Crippen molar-refractivity contribution in [2.24, 2.45) is 0 Å². The average molecular weight is 221 g/mol. The Balaban J connectivity index is 2.34. The van der Waals surface area contributed by atoms with E-state index in [1.165, 1.54) is 0 Å². The molecule has 0 aromatic rings. The van der Waals surface area contributed by atoms with Gasteiger partial charge in [-0.3, -0.25) is 4.90 Å². The molecular weight excluding hydrogens is 202 g/mol. The lowest BCUT2D eigenvalue weighted by Gasteiger charge is -2.15. The van der Waals surface area contributed by atoms with E-state index in [4.69, 9.17) is 0 Å². The summed E-state index contributed by atoms with van der Waals surface area (Å²) in [4.78, 5) is 2.00. The SMILES string of the molecule is CC(C)S(=O)(=O)CCN1CC[C@@H](O)C1. The molecule has 1 rings (SSSR count). The minimum absolute atomic E-state index is 0.206. The van der Waals surface area contributed by atoms with Crippen LogP contribution in [0, 0.1) is 0 Å². The Bertz CT molecular complexity index is 274. The van der Waals surface area contributed by atoms with Crippen molar-refractivity contribution in [3.05, 3.63) is 0 Å². The number of likely N-dealkylation sites (tertiary alicyclic amines) is 1. The smallest absolute Gasteiger partial charge is 0.153 e. The van der Waals surface area contributed by atoms with Crippen LogP contribution in [0.3, 0.4) is 0 Å². The van der Waals surface area contributed by atoms with E-state index in [9.17, 15) is 13.5 Å². The van der Waals surface area contributed by atoms with E-state index in [0.29, 0.717) is 13.1 Å². The molecule has 0 amide bonds. The molecule has 0 saturated carbocycles. The zero-order valence-corrected chi connectivity index (χ0v) is 9.63. The predicted molar refractivity (Wildman–Crippen MR) is 56.0 cm³/mol. The number of hydrogen-bond donors (Lipinski definition) is 1. The lowest BCUT2D eigenvalue weighted by atomic mass is 10.3. The van der Waals surface area contributed by atoms with Gasteiger partial charge in [0.25, 0.3) is 0 Å². The quantitative estimate of drug-likeness (QED) is 0.719. The topological polar surface area (TPSA) is 57.6 Å². The van der Waals surface area contributed by atoms with Crippen LogP contribution in [0.1, 0.15) is 20.3 Å². The van der Waals surface area contributed by atoms with Crippen LogP contribution in [0.25, 0.3) is 0 Å². The van der Waals surface area contributed by atoms with Gasteiger partial charge in [-0.2, -0.15) is 0 Å². The maximum Gasteiger partial charge on any atom is 0.153 e. The summed E-state index contributed by atoms with van der Waals surface area (Å²) in [7, 11) is -2.93. The Labute approximate surface area is 85.8 Å². The minimum atomic E-state index is -2.93. The Kier molecular flexibility index (Phi) is 3.92. The molecule has 1 N–H and O–H groups in total. The van der Waals surface area contributed by atoms with Crippen LogP contribution in [0.4, 0.5) is 0 Å². The third-order valence-electron chi connectivity index (χ3n) is 2.66. The molecule has 1 atom stereocenters. The predicted octanol–water partition coefficient (Wildman–Crippen LogP) is -0.124. The lowest BCUT2D eigenvalue weighted by molar-refractivity contribution is 0.178. The van der Waals surface area contributed by atoms with E-state index in [1.807, 2.05) is 4.90 Å². The van der Waals surface area contributed by atoms with Crippen LogP contribution in [0.5, 0.6) is 0 Å². The molecule has 5 heteroatoms. The number of β-amino-alcohol motifs (C(OH)–C–C–N with tert-alkyl or cyclic N) is 1. The van der Waals surface area contributed by atoms with Crippen molar-refractivity contribution in [2.75, 3.05) is 25.4 Å². The first kappa shape index (κ1) is 11.9. The molecule has 0 bridgehead atoms. The van der Waals surface area contributed by atoms with Gasteiger partial charge >= 0.3 is 0 Å². The summed E-state index contributed by atoms with van der Waals surface area (Å²) < 4.78 is 23.0. The summed E-state index contributed by atoms with van der Waals surface area (Å²) >= 11 is 0. The molecule has 0 aromatic carbocycles. The zero-order valence-electron chi connectivity index (χ0n) is 8.81. The van der Waals surface area contributed by atoms with Crippen LogP contribution in [-0.4, -0.2) is 55.2 Å². The molecule has 1 heterocycles.